The summed E-state index contributed by atoms with van der Waals surface area (Å²) in [6.07, 6.45) is 2.03. The third-order valence-electron chi connectivity index (χ3n) is 3.69. The molecule has 1 saturated heterocycles. The molecule has 1 fully saturated rings. The van der Waals surface area contributed by atoms with Gasteiger partial charge in [-0.3, -0.25) is 4.79 Å². The summed E-state index contributed by atoms with van der Waals surface area (Å²) in [7, 11) is 2.12. The lowest BCUT2D eigenvalue weighted by atomic mass is 10.1. The molecule has 0 bridgehead atoms. The van der Waals surface area contributed by atoms with Gasteiger partial charge in [0.15, 0.2) is 0 Å². The minimum atomic E-state index is 0.0221. The maximum absolute atomic E-state index is 12.0. The minimum Gasteiger partial charge on any atom is -0.352 e. The van der Waals surface area contributed by atoms with Crippen molar-refractivity contribution in [3.8, 4) is 0 Å². The van der Waals surface area contributed by atoms with Gasteiger partial charge in [0.1, 0.15) is 0 Å². The summed E-state index contributed by atoms with van der Waals surface area (Å²) in [6, 6.07) is 7.71. The second-order valence-electron chi connectivity index (χ2n) is 5.36. The van der Waals surface area contributed by atoms with Crippen molar-refractivity contribution in [1.82, 2.24) is 10.2 Å². The van der Waals surface area contributed by atoms with E-state index < -0.39 is 0 Å². The Balaban J connectivity index is 1.82. The first-order valence-corrected chi connectivity index (χ1v) is 6.95. The number of carbonyl (C=O) groups excluding carboxylic acids is 1. The normalized spacial score (nSPS) is 19.6. The lowest BCUT2D eigenvalue weighted by Crippen LogP contribution is -2.30. The first-order valence-electron chi connectivity index (χ1n) is 6.95. The molecule has 1 unspecified atom stereocenters. The van der Waals surface area contributed by atoms with Crippen LogP contribution < -0.4 is 11.1 Å². The van der Waals surface area contributed by atoms with Gasteiger partial charge in [0.25, 0.3) is 5.91 Å². The molecule has 4 heteroatoms. The van der Waals surface area contributed by atoms with Gasteiger partial charge in [-0.15, -0.1) is 0 Å². The summed E-state index contributed by atoms with van der Waals surface area (Å²) in [5.74, 6) is 0.610. The number of hydrogen-bond acceptors (Lipinski definition) is 3. The molecule has 1 atom stereocenters. The Morgan fingerprint density at radius 3 is 2.74 bits per heavy atom. The summed E-state index contributed by atoms with van der Waals surface area (Å²) in [6.45, 7) is 3.62. The molecule has 1 heterocycles. The van der Waals surface area contributed by atoms with Crippen LogP contribution in [0.25, 0.3) is 0 Å². The predicted molar refractivity (Wildman–Crippen MR) is 77.1 cm³/mol. The number of carbonyl (C=O) groups is 1. The molecule has 1 aliphatic heterocycles. The summed E-state index contributed by atoms with van der Waals surface area (Å²) in [4.78, 5) is 14.3. The quantitative estimate of drug-likeness (QED) is 0.827. The molecule has 0 aromatic heterocycles. The molecule has 0 spiro atoms. The number of nitrogens with one attached hydrogen (secondary N) is 1. The summed E-state index contributed by atoms with van der Waals surface area (Å²) in [5, 5.41) is 3.02. The Bertz CT molecular complexity index is 416. The molecule has 0 saturated carbocycles. The van der Waals surface area contributed by atoms with E-state index in [1.54, 1.807) is 0 Å². The van der Waals surface area contributed by atoms with Crippen LogP contribution >= 0.6 is 0 Å². The van der Waals surface area contributed by atoms with E-state index in [-0.39, 0.29) is 5.91 Å². The maximum Gasteiger partial charge on any atom is 0.251 e. The predicted octanol–water partition coefficient (Wildman–Crippen LogP) is 0.869. The Labute approximate surface area is 115 Å². The van der Waals surface area contributed by atoms with Crippen LogP contribution in [0, 0.1) is 5.92 Å². The van der Waals surface area contributed by atoms with Crippen molar-refractivity contribution in [2.45, 2.75) is 12.8 Å². The number of benzene rings is 1. The van der Waals surface area contributed by atoms with Gasteiger partial charge < -0.3 is 16.0 Å². The summed E-state index contributed by atoms with van der Waals surface area (Å²) < 4.78 is 0. The van der Waals surface area contributed by atoms with Gasteiger partial charge in [0, 0.05) is 18.7 Å². The zero-order valence-corrected chi connectivity index (χ0v) is 11.6. The SMILES string of the molecule is CN1CCC(CNC(=O)c2ccc(CCN)cc2)C1. The Hall–Kier alpha value is -1.39. The van der Waals surface area contributed by atoms with Crippen LogP contribution in [-0.2, 0) is 6.42 Å². The van der Waals surface area contributed by atoms with Crippen molar-refractivity contribution in [1.29, 1.82) is 0 Å². The maximum atomic E-state index is 12.0. The molecule has 3 N–H and O–H groups in total. The summed E-state index contributed by atoms with van der Waals surface area (Å²) >= 11 is 0. The van der Waals surface area contributed by atoms with Gasteiger partial charge in [-0.1, -0.05) is 12.1 Å². The molecule has 1 amide bonds. The van der Waals surface area contributed by atoms with Crippen LogP contribution in [0.3, 0.4) is 0 Å². The molecular weight excluding hydrogens is 238 g/mol. The second-order valence-corrected chi connectivity index (χ2v) is 5.36. The Morgan fingerprint density at radius 1 is 1.42 bits per heavy atom. The highest BCUT2D eigenvalue weighted by Crippen LogP contribution is 2.13. The molecule has 104 valence electrons. The van der Waals surface area contributed by atoms with Crippen molar-refractivity contribution >= 4 is 5.91 Å². The lowest BCUT2D eigenvalue weighted by Gasteiger charge is -2.12. The van der Waals surface area contributed by atoms with Gasteiger partial charge in [-0.25, -0.2) is 0 Å². The molecule has 19 heavy (non-hydrogen) atoms. The van der Waals surface area contributed by atoms with E-state index in [1.807, 2.05) is 24.3 Å². The van der Waals surface area contributed by atoms with E-state index in [0.29, 0.717) is 12.5 Å². The molecule has 1 aromatic rings. The fraction of sp³-hybridized carbons (Fsp3) is 0.533. The molecule has 0 aliphatic carbocycles. The van der Waals surface area contributed by atoms with E-state index in [9.17, 15) is 4.79 Å². The van der Waals surface area contributed by atoms with Gasteiger partial charge in [0.2, 0.25) is 0 Å². The third-order valence-corrected chi connectivity index (χ3v) is 3.69. The van der Waals surface area contributed by atoms with Crippen LogP contribution in [-0.4, -0.2) is 44.0 Å². The summed E-state index contributed by atoms with van der Waals surface area (Å²) in [5.41, 5.74) is 7.41. The van der Waals surface area contributed by atoms with E-state index in [0.717, 1.165) is 31.6 Å². The molecule has 1 aliphatic rings. The van der Waals surface area contributed by atoms with Crippen LogP contribution in [0.5, 0.6) is 0 Å². The van der Waals surface area contributed by atoms with E-state index in [4.69, 9.17) is 5.73 Å². The largest absolute Gasteiger partial charge is 0.352 e. The number of hydrogen-bond donors (Lipinski definition) is 2. The monoisotopic (exact) mass is 261 g/mol. The number of rotatable bonds is 5. The standard InChI is InChI=1S/C15H23N3O/c1-18-9-7-13(11-18)10-17-15(19)14-4-2-12(3-5-14)6-8-16/h2-5,13H,6-11,16H2,1H3,(H,17,19). The first kappa shape index (κ1) is 14.0. The molecule has 4 nitrogen and oxygen atoms in total. The van der Waals surface area contributed by atoms with Gasteiger partial charge in [0.05, 0.1) is 0 Å². The number of nitrogens with zero attached hydrogens (tertiary/aromatic N) is 1. The average molecular weight is 261 g/mol. The molecule has 2 rings (SSSR count). The van der Waals surface area contributed by atoms with Crippen molar-refractivity contribution < 1.29 is 4.79 Å². The number of amides is 1. The number of likely N-dealkylation sites (tertiary alicyclic amines) is 1. The minimum absolute atomic E-state index is 0.0221. The Kier molecular flexibility index (Phi) is 4.93. The first-order chi connectivity index (χ1) is 9.19. The molecule has 0 radical (unpaired) electrons. The molecule has 1 aromatic carbocycles. The van der Waals surface area contributed by atoms with Gasteiger partial charge in [-0.05, 0) is 56.6 Å². The van der Waals surface area contributed by atoms with Gasteiger partial charge in [-0.2, -0.15) is 0 Å². The van der Waals surface area contributed by atoms with E-state index >= 15 is 0 Å². The van der Waals surface area contributed by atoms with Crippen molar-refractivity contribution in [3.05, 3.63) is 35.4 Å². The van der Waals surface area contributed by atoms with Crippen LogP contribution in [0.4, 0.5) is 0 Å². The van der Waals surface area contributed by atoms with Crippen molar-refractivity contribution in [3.63, 3.8) is 0 Å². The van der Waals surface area contributed by atoms with Crippen LogP contribution in [0.2, 0.25) is 0 Å². The fourth-order valence-electron chi connectivity index (χ4n) is 2.52. The van der Waals surface area contributed by atoms with Crippen molar-refractivity contribution in [2.75, 3.05) is 33.2 Å². The highest BCUT2D eigenvalue weighted by molar-refractivity contribution is 5.94. The van der Waals surface area contributed by atoms with Crippen LogP contribution in [0.15, 0.2) is 24.3 Å². The van der Waals surface area contributed by atoms with E-state index in [1.165, 1.54) is 12.0 Å². The molecular formula is C15H23N3O. The number of nitrogens with two attached hydrogens (primary N) is 1. The highest BCUT2D eigenvalue weighted by Gasteiger charge is 2.19. The topological polar surface area (TPSA) is 58.4 Å². The van der Waals surface area contributed by atoms with E-state index in [2.05, 4.69) is 17.3 Å². The zero-order valence-electron chi connectivity index (χ0n) is 11.6. The van der Waals surface area contributed by atoms with Crippen LogP contribution in [0.1, 0.15) is 22.3 Å². The lowest BCUT2D eigenvalue weighted by molar-refractivity contribution is 0.0947. The highest BCUT2D eigenvalue weighted by atomic mass is 16.1. The third kappa shape index (κ3) is 4.04. The fourth-order valence-corrected chi connectivity index (χ4v) is 2.52. The van der Waals surface area contributed by atoms with Crippen molar-refractivity contribution in [2.24, 2.45) is 11.7 Å². The smallest absolute Gasteiger partial charge is 0.251 e. The second kappa shape index (κ2) is 6.68. The zero-order chi connectivity index (χ0) is 13.7. The van der Waals surface area contributed by atoms with Gasteiger partial charge >= 0.3 is 0 Å². The Morgan fingerprint density at radius 2 is 2.16 bits per heavy atom. The average Bonchev–Trinajstić information content (AvgIpc) is 2.83.